The Morgan fingerprint density at radius 3 is 2.93 bits per heavy atom. The van der Waals surface area contributed by atoms with Crippen LogP contribution in [0.4, 0.5) is 4.79 Å². The third-order valence-corrected chi connectivity index (χ3v) is 4.07. The van der Waals surface area contributed by atoms with Crippen molar-refractivity contribution in [2.75, 3.05) is 13.1 Å². The molecule has 9 nitrogen and oxygen atoms in total. The van der Waals surface area contributed by atoms with Gasteiger partial charge in [0.25, 0.3) is 5.89 Å². The van der Waals surface area contributed by atoms with Gasteiger partial charge in [0, 0.05) is 24.8 Å². The highest BCUT2D eigenvalue weighted by Crippen LogP contribution is 2.19. The molecule has 1 saturated heterocycles. The van der Waals surface area contributed by atoms with E-state index in [0.29, 0.717) is 30.4 Å². The second kappa shape index (κ2) is 8.60. The fourth-order valence-corrected chi connectivity index (χ4v) is 2.73. The Morgan fingerprint density at radius 2 is 2.22 bits per heavy atom. The molecule has 27 heavy (non-hydrogen) atoms. The molecule has 0 N–H and O–H groups in total. The molecule has 0 radical (unpaired) electrons. The second-order valence-electron chi connectivity index (χ2n) is 6.49. The molecule has 0 saturated carbocycles. The van der Waals surface area contributed by atoms with Crippen LogP contribution in [0.15, 0.2) is 22.9 Å². The van der Waals surface area contributed by atoms with Crippen molar-refractivity contribution in [1.82, 2.24) is 20.0 Å². The lowest BCUT2D eigenvalue weighted by molar-refractivity contribution is -0.00899. The Morgan fingerprint density at radius 1 is 1.44 bits per heavy atom. The number of rotatable bonds is 5. The normalized spacial score (nSPS) is 15.0. The van der Waals surface area contributed by atoms with Crippen LogP contribution in [-0.4, -0.2) is 51.4 Å². The van der Waals surface area contributed by atoms with Crippen molar-refractivity contribution >= 4 is 6.09 Å². The fraction of sp³-hybridized carbons (Fsp3) is 0.500. The average molecular weight is 371 g/mol. The van der Waals surface area contributed by atoms with Crippen molar-refractivity contribution in [3.8, 4) is 17.5 Å². The van der Waals surface area contributed by atoms with Crippen LogP contribution >= 0.6 is 0 Å². The summed E-state index contributed by atoms with van der Waals surface area (Å²) in [5.41, 5.74) is 0.920. The zero-order valence-corrected chi connectivity index (χ0v) is 15.3. The molecule has 1 aliphatic rings. The summed E-state index contributed by atoms with van der Waals surface area (Å²) < 4.78 is 16.3. The van der Waals surface area contributed by atoms with E-state index in [9.17, 15) is 4.79 Å². The maximum atomic E-state index is 11.9. The summed E-state index contributed by atoms with van der Waals surface area (Å²) in [7, 11) is 0. The van der Waals surface area contributed by atoms with E-state index in [4.69, 9.17) is 19.3 Å². The predicted molar refractivity (Wildman–Crippen MR) is 93.2 cm³/mol. The average Bonchev–Trinajstić information content (AvgIpc) is 3.15. The van der Waals surface area contributed by atoms with Crippen LogP contribution in [0.3, 0.4) is 0 Å². The van der Waals surface area contributed by atoms with Gasteiger partial charge in [-0.3, -0.25) is 0 Å². The molecular weight excluding hydrogens is 350 g/mol. The van der Waals surface area contributed by atoms with Gasteiger partial charge in [0.2, 0.25) is 0 Å². The summed E-state index contributed by atoms with van der Waals surface area (Å²) in [6.45, 7) is 5.09. The Bertz CT molecular complexity index is 821. The molecule has 2 aromatic rings. The third kappa shape index (κ3) is 5.01. The Balaban J connectivity index is 1.48. The second-order valence-corrected chi connectivity index (χ2v) is 6.49. The predicted octanol–water partition coefficient (Wildman–Crippen LogP) is 2.53. The maximum absolute atomic E-state index is 11.9. The summed E-state index contributed by atoms with van der Waals surface area (Å²) in [5, 5.41) is 12.8. The molecule has 0 aliphatic carbocycles. The zero-order chi connectivity index (χ0) is 19.2. The number of amides is 1. The van der Waals surface area contributed by atoms with Gasteiger partial charge in [-0.25, -0.2) is 9.78 Å². The molecular formula is C18H21N5O4. The zero-order valence-electron chi connectivity index (χ0n) is 15.3. The molecule has 0 spiro atoms. The first-order valence-electron chi connectivity index (χ1n) is 8.81. The first kappa shape index (κ1) is 18.8. The lowest BCUT2D eigenvalue weighted by Crippen LogP contribution is -2.41. The summed E-state index contributed by atoms with van der Waals surface area (Å²) in [4.78, 5) is 21.8. The summed E-state index contributed by atoms with van der Waals surface area (Å²) in [5.74, 6) is 0.751. The highest BCUT2D eigenvalue weighted by Gasteiger charge is 2.25. The number of likely N-dealkylation sites (tertiary alicyclic amines) is 1. The molecule has 3 rings (SSSR count). The molecule has 0 aromatic carbocycles. The van der Waals surface area contributed by atoms with Crippen LogP contribution in [0.5, 0.6) is 0 Å². The van der Waals surface area contributed by atoms with Gasteiger partial charge in [0.05, 0.1) is 12.2 Å². The van der Waals surface area contributed by atoms with Crippen molar-refractivity contribution in [2.45, 2.75) is 45.5 Å². The van der Waals surface area contributed by atoms with Gasteiger partial charge < -0.3 is 18.9 Å². The van der Waals surface area contributed by atoms with Crippen LogP contribution < -0.4 is 0 Å². The highest BCUT2D eigenvalue weighted by atomic mass is 16.6. The van der Waals surface area contributed by atoms with Crippen LogP contribution in [0.25, 0.3) is 11.5 Å². The molecule has 0 unspecified atom stereocenters. The molecule has 1 fully saturated rings. The van der Waals surface area contributed by atoms with Crippen molar-refractivity contribution in [1.29, 1.82) is 5.26 Å². The molecule has 2 aromatic heterocycles. The number of hydrogen-bond acceptors (Lipinski definition) is 8. The topological polar surface area (TPSA) is 114 Å². The van der Waals surface area contributed by atoms with E-state index in [2.05, 4.69) is 15.1 Å². The van der Waals surface area contributed by atoms with Crippen molar-refractivity contribution in [3.05, 3.63) is 29.8 Å². The number of carbonyl (C=O) groups is 1. The fourth-order valence-electron chi connectivity index (χ4n) is 2.73. The van der Waals surface area contributed by atoms with E-state index < -0.39 is 0 Å². The van der Waals surface area contributed by atoms with Gasteiger partial charge in [0.15, 0.2) is 5.82 Å². The maximum Gasteiger partial charge on any atom is 0.410 e. The number of piperidine rings is 1. The smallest absolute Gasteiger partial charge is 0.410 e. The van der Waals surface area contributed by atoms with Gasteiger partial charge >= 0.3 is 6.09 Å². The number of hydrogen-bond donors (Lipinski definition) is 0. The monoisotopic (exact) mass is 371 g/mol. The minimum Gasteiger partial charge on any atom is -0.447 e. The van der Waals surface area contributed by atoms with E-state index in [1.165, 1.54) is 6.20 Å². The number of aromatic nitrogens is 3. The molecule has 142 valence electrons. The van der Waals surface area contributed by atoms with Gasteiger partial charge in [-0.1, -0.05) is 5.16 Å². The molecule has 0 atom stereocenters. The van der Waals surface area contributed by atoms with Crippen LogP contribution in [0, 0.1) is 11.3 Å². The summed E-state index contributed by atoms with van der Waals surface area (Å²) in [6.07, 6.45) is 2.61. The highest BCUT2D eigenvalue weighted by molar-refractivity contribution is 5.67. The SMILES string of the molecule is CC(C)OC(=O)N1CCC(OCc2noc(-c3ccnc(C#N)c3)n2)CC1. The van der Waals surface area contributed by atoms with Crippen molar-refractivity contribution in [2.24, 2.45) is 0 Å². The number of nitrogens with zero attached hydrogens (tertiary/aromatic N) is 5. The Hall–Kier alpha value is -2.99. The van der Waals surface area contributed by atoms with Crippen LogP contribution in [0.1, 0.15) is 38.2 Å². The first-order valence-corrected chi connectivity index (χ1v) is 8.81. The number of pyridine rings is 1. The first-order chi connectivity index (χ1) is 13.0. The van der Waals surface area contributed by atoms with Gasteiger partial charge in [-0.05, 0) is 38.8 Å². The third-order valence-electron chi connectivity index (χ3n) is 4.07. The quantitative estimate of drug-likeness (QED) is 0.787. The van der Waals surface area contributed by atoms with E-state index in [1.54, 1.807) is 17.0 Å². The van der Waals surface area contributed by atoms with Crippen LogP contribution in [0.2, 0.25) is 0 Å². The molecule has 9 heteroatoms. The Labute approximate surface area is 156 Å². The van der Waals surface area contributed by atoms with Crippen LogP contribution in [-0.2, 0) is 16.1 Å². The molecule has 0 bridgehead atoms. The van der Waals surface area contributed by atoms with Gasteiger partial charge in [0.1, 0.15) is 18.4 Å². The van der Waals surface area contributed by atoms with Gasteiger partial charge in [-0.15, -0.1) is 0 Å². The van der Waals surface area contributed by atoms with E-state index in [0.717, 1.165) is 12.8 Å². The van der Waals surface area contributed by atoms with Crippen molar-refractivity contribution < 1.29 is 18.8 Å². The van der Waals surface area contributed by atoms with Crippen molar-refractivity contribution in [3.63, 3.8) is 0 Å². The standard InChI is InChI=1S/C18H21N5O4/c1-12(2)26-18(24)23-7-4-15(5-8-23)25-11-16-21-17(27-22-16)13-3-6-20-14(9-13)10-19/h3,6,9,12,15H,4-5,7-8,11H2,1-2H3. The molecule has 1 amide bonds. The van der Waals surface area contributed by atoms with E-state index in [1.807, 2.05) is 19.9 Å². The number of carbonyl (C=O) groups excluding carboxylic acids is 1. The number of nitriles is 1. The summed E-state index contributed by atoms with van der Waals surface area (Å²) >= 11 is 0. The minimum absolute atomic E-state index is 0.0289. The number of ether oxygens (including phenoxy) is 2. The lowest BCUT2D eigenvalue weighted by atomic mass is 10.1. The lowest BCUT2D eigenvalue weighted by Gasteiger charge is -2.31. The Kier molecular flexibility index (Phi) is 5.98. The van der Waals surface area contributed by atoms with E-state index >= 15 is 0 Å². The molecule has 1 aliphatic heterocycles. The minimum atomic E-state index is -0.277. The largest absolute Gasteiger partial charge is 0.447 e. The van der Waals surface area contributed by atoms with Gasteiger partial charge in [-0.2, -0.15) is 10.2 Å². The summed E-state index contributed by atoms with van der Waals surface area (Å²) in [6, 6.07) is 5.26. The molecule has 3 heterocycles. The van der Waals surface area contributed by atoms with E-state index in [-0.39, 0.29) is 30.6 Å².